The van der Waals surface area contributed by atoms with Crippen molar-refractivity contribution in [3.8, 4) is 0 Å². The van der Waals surface area contributed by atoms with Gasteiger partial charge in [-0.3, -0.25) is 0 Å². The fraction of sp³-hybridized carbons (Fsp3) is 0.421. The first kappa shape index (κ1) is 17.8. The topological polar surface area (TPSA) is 58.8 Å². The molecule has 1 aromatic carbocycles. The number of nitrogens with one attached hydrogen (secondary N) is 2. The Kier molecular flexibility index (Phi) is 6.77. The molecule has 1 aliphatic heterocycles. The Morgan fingerprint density at radius 1 is 1.24 bits per heavy atom. The van der Waals surface area contributed by atoms with E-state index < -0.39 is 0 Å². The minimum atomic E-state index is 0.545. The second kappa shape index (κ2) is 9.49. The first-order chi connectivity index (χ1) is 12.3. The normalized spacial score (nSPS) is 17.6. The van der Waals surface area contributed by atoms with Crippen LogP contribution >= 0.6 is 11.6 Å². The Labute approximate surface area is 153 Å². The number of halogens is 1. The average molecular weight is 362 g/mol. The highest BCUT2D eigenvalue weighted by atomic mass is 35.5. The summed E-state index contributed by atoms with van der Waals surface area (Å²) in [6, 6.07) is 11.7. The maximum Gasteiger partial charge on any atom is 0.191 e. The number of aliphatic imine (C=N–C) groups is 1. The third kappa shape index (κ3) is 6.11. The van der Waals surface area contributed by atoms with Crippen molar-refractivity contribution in [2.45, 2.75) is 19.4 Å². The van der Waals surface area contributed by atoms with E-state index in [0.717, 1.165) is 61.5 Å². The predicted molar refractivity (Wildman–Crippen MR) is 99.9 cm³/mol. The van der Waals surface area contributed by atoms with Gasteiger partial charge < -0.3 is 19.8 Å². The largest absolute Gasteiger partial charge is 0.469 e. The third-order valence-electron chi connectivity index (χ3n) is 4.13. The molecule has 1 aliphatic rings. The van der Waals surface area contributed by atoms with Gasteiger partial charge in [0.2, 0.25) is 0 Å². The Morgan fingerprint density at radius 2 is 2.20 bits per heavy atom. The molecular formula is C19H24ClN3O2. The van der Waals surface area contributed by atoms with Crippen LogP contribution in [0.3, 0.4) is 0 Å². The number of guanidine groups is 1. The average Bonchev–Trinajstić information content (AvgIpc) is 3.30. The molecule has 25 heavy (non-hydrogen) atoms. The molecule has 2 heterocycles. The molecule has 0 spiro atoms. The molecule has 2 N–H and O–H groups in total. The molecule has 0 amide bonds. The van der Waals surface area contributed by atoms with E-state index in [4.69, 9.17) is 20.8 Å². The number of furan rings is 1. The molecule has 2 aromatic rings. The van der Waals surface area contributed by atoms with E-state index in [0.29, 0.717) is 12.5 Å². The lowest BCUT2D eigenvalue weighted by Crippen LogP contribution is -2.40. The van der Waals surface area contributed by atoms with Gasteiger partial charge in [-0.2, -0.15) is 0 Å². The van der Waals surface area contributed by atoms with Crippen molar-refractivity contribution in [2.75, 3.05) is 26.3 Å². The summed E-state index contributed by atoms with van der Waals surface area (Å²) in [5.74, 6) is 2.31. The fourth-order valence-corrected chi connectivity index (χ4v) is 2.94. The van der Waals surface area contributed by atoms with Gasteiger partial charge in [0.1, 0.15) is 5.76 Å². The third-order valence-corrected chi connectivity index (χ3v) is 4.37. The van der Waals surface area contributed by atoms with E-state index in [2.05, 4.69) is 15.6 Å². The fourth-order valence-electron chi connectivity index (χ4n) is 2.72. The van der Waals surface area contributed by atoms with Crippen LogP contribution in [-0.4, -0.2) is 32.3 Å². The van der Waals surface area contributed by atoms with Gasteiger partial charge in [-0.05, 0) is 36.2 Å². The van der Waals surface area contributed by atoms with Gasteiger partial charge in [0, 0.05) is 37.1 Å². The van der Waals surface area contributed by atoms with Gasteiger partial charge in [0.15, 0.2) is 5.96 Å². The summed E-state index contributed by atoms with van der Waals surface area (Å²) < 4.78 is 10.8. The molecule has 0 aliphatic carbocycles. The number of rotatable bonds is 7. The van der Waals surface area contributed by atoms with Gasteiger partial charge in [-0.25, -0.2) is 4.99 Å². The summed E-state index contributed by atoms with van der Waals surface area (Å²) in [6.45, 7) is 3.88. The predicted octanol–water partition coefficient (Wildman–Crippen LogP) is 3.25. The lowest BCUT2D eigenvalue weighted by Gasteiger charge is -2.15. The van der Waals surface area contributed by atoms with Crippen LogP contribution in [-0.2, 0) is 17.7 Å². The van der Waals surface area contributed by atoms with Crippen LogP contribution in [0.4, 0.5) is 0 Å². The van der Waals surface area contributed by atoms with Crippen LogP contribution < -0.4 is 10.6 Å². The number of benzene rings is 1. The molecule has 0 bridgehead atoms. The zero-order chi connectivity index (χ0) is 17.3. The quantitative estimate of drug-likeness (QED) is 0.587. The SMILES string of the molecule is Clc1cccc(CN=C(NCCc2ccco2)NCC2CCOC2)c1. The van der Waals surface area contributed by atoms with Crippen LogP contribution in [0.15, 0.2) is 52.1 Å². The molecule has 0 saturated carbocycles. The standard InChI is InChI=1S/C19H24ClN3O2/c20-17-4-1-3-15(11-17)12-22-19(23-13-16-7-10-24-14-16)21-8-6-18-5-2-9-25-18/h1-5,9,11,16H,6-8,10,12-14H2,(H2,21,22,23). The van der Waals surface area contributed by atoms with Gasteiger partial charge in [0.25, 0.3) is 0 Å². The van der Waals surface area contributed by atoms with Gasteiger partial charge in [-0.1, -0.05) is 23.7 Å². The van der Waals surface area contributed by atoms with E-state index in [1.807, 2.05) is 36.4 Å². The molecule has 1 atom stereocenters. The summed E-state index contributed by atoms with van der Waals surface area (Å²) in [5, 5.41) is 7.53. The Bertz CT molecular complexity index is 667. The molecule has 1 unspecified atom stereocenters. The molecule has 0 radical (unpaired) electrons. The van der Waals surface area contributed by atoms with E-state index in [1.165, 1.54) is 0 Å². The molecule has 1 saturated heterocycles. The Hall–Kier alpha value is -1.98. The number of nitrogens with zero attached hydrogens (tertiary/aromatic N) is 1. The second-order valence-corrected chi connectivity index (χ2v) is 6.60. The summed E-state index contributed by atoms with van der Waals surface area (Å²) >= 11 is 6.04. The minimum absolute atomic E-state index is 0.545. The van der Waals surface area contributed by atoms with Gasteiger partial charge >= 0.3 is 0 Å². The first-order valence-corrected chi connectivity index (χ1v) is 9.04. The highest BCUT2D eigenvalue weighted by molar-refractivity contribution is 6.30. The van der Waals surface area contributed by atoms with E-state index in [9.17, 15) is 0 Å². The lowest BCUT2D eigenvalue weighted by atomic mass is 10.1. The molecular weight excluding hydrogens is 338 g/mol. The molecule has 6 heteroatoms. The highest BCUT2D eigenvalue weighted by Gasteiger charge is 2.15. The Balaban J connectivity index is 1.54. The zero-order valence-corrected chi connectivity index (χ0v) is 15.0. The van der Waals surface area contributed by atoms with Crippen LogP contribution in [0.2, 0.25) is 5.02 Å². The van der Waals surface area contributed by atoms with Crippen molar-refractivity contribution in [2.24, 2.45) is 10.9 Å². The highest BCUT2D eigenvalue weighted by Crippen LogP contribution is 2.12. The van der Waals surface area contributed by atoms with Crippen molar-refractivity contribution < 1.29 is 9.15 Å². The van der Waals surface area contributed by atoms with E-state index in [1.54, 1.807) is 6.26 Å². The van der Waals surface area contributed by atoms with Crippen LogP contribution in [0, 0.1) is 5.92 Å². The summed E-state index contributed by atoms with van der Waals surface area (Å²) in [6.07, 6.45) is 3.61. The number of hydrogen-bond acceptors (Lipinski definition) is 3. The van der Waals surface area contributed by atoms with Crippen LogP contribution in [0.25, 0.3) is 0 Å². The lowest BCUT2D eigenvalue weighted by molar-refractivity contribution is 0.186. The van der Waals surface area contributed by atoms with Crippen molar-refractivity contribution in [3.63, 3.8) is 0 Å². The van der Waals surface area contributed by atoms with E-state index in [-0.39, 0.29) is 0 Å². The van der Waals surface area contributed by atoms with Crippen molar-refractivity contribution in [1.82, 2.24) is 10.6 Å². The molecule has 134 valence electrons. The van der Waals surface area contributed by atoms with Gasteiger partial charge in [0.05, 0.1) is 19.4 Å². The molecule has 1 aromatic heterocycles. The zero-order valence-electron chi connectivity index (χ0n) is 14.2. The van der Waals surface area contributed by atoms with E-state index >= 15 is 0 Å². The molecule has 3 rings (SSSR count). The maximum absolute atomic E-state index is 6.04. The summed E-state index contributed by atoms with van der Waals surface area (Å²) in [7, 11) is 0. The minimum Gasteiger partial charge on any atom is -0.469 e. The first-order valence-electron chi connectivity index (χ1n) is 8.66. The second-order valence-electron chi connectivity index (χ2n) is 6.16. The molecule has 5 nitrogen and oxygen atoms in total. The van der Waals surface area contributed by atoms with Crippen molar-refractivity contribution >= 4 is 17.6 Å². The number of ether oxygens (including phenoxy) is 1. The monoisotopic (exact) mass is 361 g/mol. The smallest absolute Gasteiger partial charge is 0.191 e. The van der Waals surface area contributed by atoms with Crippen LogP contribution in [0.5, 0.6) is 0 Å². The Morgan fingerprint density at radius 3 is 2.96 bits per heavy atom. The molecule has 1 fully saturated rings. The summed E-state index contributed by atoms with van der Waals surface area (Å²) in [4.78, 5) is 4.68. The number of hydrogen-bond donors (Lipinski definition) is 2. The van der Waals surface area contributed by atoms with Gasteiger partial charge in [-0.15, -0.1) is 0 Å². The van der Waals surface area contributed by atoms with Crippen molar-refractivity contribution in [3.05, 3.63) is 59.0 Å². The van der Waals surface area contributed by atoms with Crippen molar-refractivity contribution in [1.29, 1.82) is 0 Å². The summed E-state index contributed by atoms with van der Waals surface area (Å²) in [5.41, 5.74) is 1.09. The van der Waals surface area contributed by atoms with Crippen LogP contribution in [0.1, 0.15) is 17.7 Å². The maximum atomic E-state index is 6.04.